The fraction of sp³-hybridized carbons (Fsp3) is 0.412. The molecule has 0 atom stereocenters. The van der Waals surface area contributed by atoms with E-state index >= 15 is 0 Å². The van der Waals surface area contributed by atoms with Crippen molar-refractivity contribution in [2.45, 2.75) is 40.0 Å². The number of fused-ring (bicyclic) bond motifs is 1. The van der Waals surface area contributed by atoms with Crippen LogP contribution in [0.1, 0.15) is 39.2 Å². The van der Waals surface area contributed by atoms with Gasteiger partial charge in [0.15, 0.2) is 0 Å². The molecule has 1 aromatic heterocycles. The molecular formula is C17H21NO. The fourth-order valence-electron chi connectivity index (χ4n) is 2.33. The number of ketones is 1. The van der Waals surface area contributed by atoms with Gasteiger partial charge in [-0.3, -0.25) is 9.78 Å². The molecule has 2 nitrogen and oxygen atoms in total. The van der Waals surface area contributed by atoms with Crippen LogP contribution in [0.5, 0.6) is 0 Å². The summed E-state index contributed by atoms with van der Waals surface area (Å²) in [5, 5.41) is 1.16. The standard InChI is InChI=1S/C17H21NO/c1-17(2,3)12-14(19)9-8-13-10-11-18-16-7-5-4-6-15(13)16/h4-7,10-11H,8-9,12H2,1-3H3. The molecule has 2 heteroatoms. The maximum absolute atomic E-state index is 12.0. The van der Waals surface area contributed by atoms with Crippen LogP contribution >= 0.6 is 0 Å². The number of rotatable bonds is 4. The van der Waals surface area contributed by atoms with Crippen molar-refractivity contribution in [2.75, 3.05) is 0 Å². The smallest absolute Gasteiger partial charge is 0.133 e. The number of nitrogens with zero attached hydrogens (tertiary/aromatic N) is 1. The van der Waals surface area contributed by atoms with Crippen LogP contribution in [0.15, 0.2) is 36.5 Å². The Hall–Kier alpha value is -1.70. The first-order valence-corrected chi connectivity index (χ1v) is 6.80. The van der Waals surface area contributed by atoms with E-state index in [0.29, 0.717) is 18.6 Å². The average molecular weight is 255 g/mol. The molecule has 0 unspecified atom stereocenters. The maximum atomic E-state index is 12.0. The van der Waals surface area contributed by atoms with Crippen LogP contribution in [-0.2, 0) is 11.2 Å². The number of aromatic nitrogens is 1. The molecule has 0 N–H and O–H groups in total. The van der Waals surface area contributed by atoms with Gasteiger partial charge >= 0.3 is 0 Å². The highest BCUT2D eigenvalue weighted by molar-refractivity contribution is 5.83. The second-order valence-corrected chi connectivity index (χ2v) is 6.26. The zero-order valence-electron chi connectivity index (χ0n) is 11.9. The number of hydrogen-bond donors (Lipinski definition) is 0. The summed E-state index contributed by atoms with van der Waals surface area (Å²) >= 11 is 0. The molecule has 2 rings (SSSR count). The fourth-order valence-corrected chi connectivity index (χ4v) is 2.33. The highest BCUT2D eigenvalue weighted by Crippen LogP contribution is 2.22. The van der Waals surface area contributed by atoms with Gasteiger partial charge in [-0.05, 0) is 29.5 Å². The summed E-state index contributed by atoms with van der Waals surface area (Å²) < 4.78 is 0. The third kappa shape index (κ3) is 3.88. The lowest BCUT2D eigenvalue weighted by Gasteiger charge is -2.16. The predicted molar refractivity (Wildman–Crippen MR) is 79.1 cm³/mol. The highest BCUT2D eigenvalue weighted by Gasteiger charge is 2.15. The first kappa shape index (κ1) is 13.7. The molecule has 100 valence electrons. The number of pyridine rings is 1. The van der Waals surface area contributed by atoms with Crippen molar-refractivity contribution in [3.8, 4) is 0 Å². The summed E-state index contributed by atoms with van der Waals surface area (Å²) in [6.07, 6.45) is 3.89. The molecule has 0 aliphatic heterocycles. The topological polar surface area (TPSA) is 30.0 Å². The lowest BCUT2D eigenvalue weighted by molar-refractivity contribution is -0.120. The molecule has 0 saturated heterocycles. The van der Waals surface area contributed by atoms with Crippen molar-refractivity contribution < 1.29 is 4.79 Å². The zero-order valence-corrected chi connectivity index (χ0v) is 11.9. The van der Waals surface area contributed by atoms with Gasteiger partial charge in [0.05, 0.1) is 5.52 Å². The molecule has 0 aliphatic rings. The molecule has 2 aromatic rings. The lowest BCUT2D eigenvalue weighted by Crippen LogP contribution is -2.13. The van der Waals surface area contributed by atoms with E-state index in [-0.39, 0.29) is 5.41 Å². The molecule has 0 fully saturated rings. The lowest BCUT2D eigenvalue weighted by atomic mass is 9.88. The Balaban J connectivity index is 2.08. The van der Waals surface area contributed by atoms with Crippen molar-refractivity contribution >= 4 is 16.7 Å². The number of benzene rings is 1. The zero-order chi connectivity index (χ0) is 13.9. The molecule has 0 saturated carbocycles. The van der Waals surface area contributed by atoms with Gasteiger partial charge in [0, 0.05) is 24.4 Å². The molecular weight excluding hydrogens is 234 g/mol. The molecule has 0 bridgehead atoms. The van der Waals surface area contributed by atoms with Crippen molar-refractivity contribution in [3.05, 3.63) is 42.1 Å². The van der Waals surface area contributed by atoms with E-state index < -0.39 is 0 Å². The Morgan fingerprint density at radius 2 is 1.89 bits per heavy atom. The maximum Gasteiger partial charge on any atom is 0.133 e. The Bertz CT molecular complexity index is 576. The van der Waals surface area contributed by atoms with Gasteiger partial charge in [0.2, 0.25) is 0 Å². The van der Waals surface area contributed by atoms with Crippen LogP contribution in [-0.4, -0.2) is 10.8 Å². The minimum absolute atomic E-state index is 0.0807. The van der Waals surface area contributed by atoms with Gasteiger partial charge in [-0.25, -0.2) is 0 Å². The quantitative estimate of drug-likeness (QED) is 0.820. The van der Waals surface area contributed by atoms with Crippen molar-refractivity contribution in [2.24, 2.45) is 5.41 Å². The summed E-state index contributed by atoms with van der Waals surface area (Å²) in [4.78, 5) is 16.3. The Morgan fingerprint density at radius 3 is 2.63 bits per heavy atom. The number of carbonyl (C=O) groups is 1. The minimum atomic E-state index is 0.0807. The number of carbonyl (C=O) groups excluding carboxylic acids is 1. The first-order chi connectivity index (χ1) is 8.96. The number of aryl methyl sites for hydroxylation is 1. The van der Waals surface area contributed by atoms with Crippen molar-refractivity contribution in [1.82, 2.24) is 4.98 Å². The van der Waals surface area contributed by atoms with Gasteiger partial charge in [0.25, 0.3) is 0 Å². The van der Waals surface area contributed by atoms with Gasteiger partial charge < -0.3 is 0 Å². The number of para-hydroxylation sites is 1. The molecule has 1 heterocycles. The van der Waals surface area contributed by atoms with Crippen LogP contribution in [0.3, 0.4) is 0 Å². The van der Waals surface area contributed by atoms with E-state index in [2.05, 4.69) is 31.8 Å². The van der Waals surface area contributed by atoms with Gasteiger partial charge in [-0.2, -0.15) is 0 Å². The first-order valence-electron chi connectivity index (χ1n) is 6.80. The summed E-state index contributed by atoms with van der Waals surface area (Å²) in [6, 6.07) is 10.1. The second-order valence-electron chi connectivity index (χ2n) is 6.26. The summed E-state index contributed by atoms with van der Waals surface area (Å²) in [5.41, 5.74) is 2.30. The average Bonchev–Trinajstić information content (AvgIpc) is 2.34. The Labute approximate surface area is 114 Å². The molecule has 0 radical (unpaired) electrons. The van der Waals surface area contributed by atoms with Crippen LogP contribution in [0.25, 0.3) is 10.9 Å². The van der Waals surface area contributed by atoms with Crippen LogP contribution < -0.4 is 0 Å². The van der Waals surface area contributed by atoms with Gasteiger partial charge in [0.1, 0.15) is 5.78 Å². The summed E-state index contributed by atoms with van der Waals surface area (Å²) in [7, 11) is 0. The van der Waals surface area contributed by atoms with E-state index in [1.165, 1.54) is 5.56 Å². The number of Topliss-reactive ketones (excluding diaryl/α,β-unsaturated/α-hetero) is 1. The molecule has 1 aromatic carbocycles. The molecule has 0 amide bonds. The normalized spacial score (nSPS) is 11.7. The van der Waals surface area contributed by atoms with Crippen LogP contribution in [0.2, 0.25) is 0 Å². The Morgan fingerprint density at radius 1 is 1.16 bits per heavy atom. The van der Waals surface area contributed by atoms with E-state index in [1.807, 2.05) is 30.5 Å². The number of hydrogen-bond acceptors (Lipinski definition) is 2. The largest absolute Gasteiger partial charge is 0.300 e. The van der Waals surface area contributed by atoms with E-state index in [9.17, 15) is 4.79 Å². The summed E-state index contributed by atoms with van der Waals surface area (Å²) in [5.74, 6) is 0.341. The predicted octanol–water partition coefficient (Wildman–Crippen LogP) is 4.17. The van der Waals surface area contributed by atoms with Gasteiger partial charge in [-0.1, -0.05) is 39.0 Å². The SMILES string of the molecule is CC(C)(C)CC(=O)CCc1ccnc2ccccc12. The minimum Gasteiger partial charge on any atom is -0.300 e. The monoisotopic (exact) mass is 255 g/mol. The van der Waals surface area contributed by atoms with Crippen molar-refractivity contribution in [1.29, 1.82) is 0 Å². The van der Waals surface area contributed by atoms with E-state index in [0.717, 1.165) is 17.3 Å². The van der Waals surface area contributed by atoms with Gasteiger partial charge in [-0.15, -0.1) is 0 Å². The van der Waals surface area contributed by atoms with E-state index in [4.69, 9.17) is 0 Å². The second kappa shape index (κ2) is 5.52. The third-order valence-corrected chi connectivity index (χ3v) is 3.14. The van der Waals surface area contributed by atoms with Crippen molar-refractivity contribution in [3.63, 3.8) is 0 Å². The molecule has 0 aliphatic carbocycles. The molecule has 19 heavy (non-hydrogen) atoms. The van der Waals surface area contributed by atoms with E-state index in [1.54, 1.807) is 0 Å². The third-order valence-electron chi connectivity index (χ3n) is 3.14. The Kier molecular flexibility index (Phi) is 3.98. The summed E-state index contributed by atoms with van der Waals surface area (Å²) in [6.45, 7) is 6.31. The highest BCUT2D eigenvalue weighted by atomic mass is 16.1. The van der Waals surface area contributed by atoms with Crippen LogP contribution in [0, 0.1) is 5.41 Å². The molecule has 0 spiro atoms. The van der Waals surface area contributed by atoms with Crippen LogP contribution in [0.4, 0.5) is 0 Å².